The van der Waals surface area contributed by atoms with Crippen LogP contribution < -0.4 is 103 Å². The Hall–Kier alpha value is 3.82. The minimum Gasteiger partial charge on any atom is -2.00 e. The predicted octanol–water partition coefficient (Wildman–Crippen LogP) is -6.23. The first-order chi connectivity index (χ1) is 0. The molecule has 0 saturated carbocycles. The number of hydrogen-bond acceptors (Lipinski definition) is 0. The first-order valence-corrected chi connectivity index (χ1v) is 0. The van der Waals surface area contributed by atoms with Gasteiger partial charge in [0.2, 0.25) is 0 Å². The van der Waals surface area contributed by atoms with Crippen molar-refractivity contribution in [1.29, 1.82) is 0 Å². The van der Waals surface area contributed by atoms with Crippen molar-refractivity contribution in [1.82, 2.24) is 0 Å². The summed E-state index contributed by atoms with van der Waals surface area (Å²) in [4.78, 5) is 0. The van der Waals surface area contributed by atoms with Gasteiger partial charge < -0.3 is 11.0 Å². The van der Waals surface area contributed by atoms with Gasteiger partial charge in [0.05, 0.1) is 0 Å². The van der Waals surface area contributed by atoms with Crippen molar-refractivity contribution in [2.24, 2.45) is 0 Å². The molecule has 0 aliphatic heterocycles. The first-order valence-electron chi connectivity index (χ1n) is 0. The van der Waals surface area contributed by atoms with Crippen LogP contribution in [0.3, 0.4) is 0 Å². The molecule has 0 saturated heterocycles. The van der Waals surface area contributed by atoms with Crippen LogP contribution >= 0.6 is 0 Å². The third-order valence-electron chi connectivity index (χ3n) is 0. The fraction of sp³-hybridized carbons (Fsp3) is 0. The normalized spacial score (nSPS) is 0. The monoisotopic (exact) mass is 174 g/mol. The zero-order valence-corrected chi connectivity index (χ0v) is 12.7. The third kappa shape index (κ3) is 18.2. The van der Waals surface area contributed by atoms with E-state index in [4.69, 9.17) is 0 Å². The molecule has 0 aromatic heterocycles. The second-order valence-electron chi connectivity index (χ2n) is 0. The van der Waals surface area contributed by atoms with Gasteiger partial charge >= 0.3 is 122 Å². The molecule has 0 N–H and O–H groups in total. The Balaban J connectivity index is 0. The maximum atomic E-state index is 0. The summed E-state index contributed by atoms with van der Waals surface area (Å²) >= 11 is 0. The summed E-state index contributed by atoms with van der Waals surface area (Å²) in [6.07, 6.45) is 0. The quantitative estimate of drug-likeness (QED) is 0.329. The molecule has 0 aliphatic rings. The SMILES string of the molecule is [K+].[K+].[O-2].[O-2].[Zn+2]. The van der Waals surface area contributed by atoms with Crippen LogP contribution in [0.2, 0.25) is 0 Å². The van der Waals surface area contributed by atoms with Gasteiger partial charge in [0.15, 0.2) is 0 Å². The van der Waals surface area contributed by atoms with Crippen LogP contribution in [-0.2, 0) is 30.4 Å². The largest absolute Gasteiger partial charge is 2.00 e. The predicted molar refractivity (Wildman–Crippen MR) is 1.37 cm³/mol. The summed E-state index contributed by atoms with van der Waals surface area (Å²) in [5.41, 5.74) is 0. The minimum absolute atomic E-state index is 0. The van der Waals surface area contributed by atoms with E-state index in [9.17, 15) is 0 Å². The van der Waals surface area contributed by atoms with Gasteiger partial charge in [0.25, 0.3) is 0 Å². The molecule has 0 rings (SSSR count). The van der Waals surface area contributed by atoms with E-state index in [0.29, 0.717) is 0 Å². The molecule has 0 aromatic carbocycles. The van der Waals surface area contributed by atoms with E-state index in [1.54, 1.807) is 0 Å². The number of hydrogen-bond donors (Lipinski definition) is 0. The van der Waals surface area contributed by atoms with E-state index in [0.717, 1.165) is 0 Å². The molecule has 0 spiro atoms. The van der Waals surface area contributed by atoms with Crippen LogP contribution in [0.15, 0.2) is 0 Å². The molecule has 0 amide bonds. The molecule has 0 fully saturated rings. The topological polar surface area (TPSA) is 57.0 Å². The number of rotatable bonds is 0. The Morgan fingerprint density at radius 1 is 0.600 bits per heavy atom. The van der Waals surface area contributed by atoms with Crippen LogP contribution in [0.4, 0.5) is 0 Å². The molecule has 0 bridgehead atoms. The molecule has 0 aromatic rings. The first kappa shape index (κ1) is 37.0. The maximum absolute atomic E-state index is 0. The molecule has 0 heterocycles. The van der Waals surface area contributed by atoms with Crippen molar-refractivity contribution in [3.05, 3.63) is 0 Å². The van der Waals surface area contributed by atoms with Gasteiger partial charge in [0.1, 0.15) is 0 Å². The van der Waals surface area contributed by atoms with Crippen molar-refractivity contribution in [2.45, 2.75) is 0 Å². The van der Waals surface area contributed by atoms with E-state index in [2.05, 4.69) is 0 Å². The summed E-state index contributed by atoms with van der Waals surface area (Å²) in [5, 5.41) is 0. The van der Waals surface area contributed by atoms with Crippen molar-refractivity contribution >= 4 is 0 Å². The van der Waals surface area contributed by atoms with Gasteiger partial charge in [-0.1, -0.05) is 0 Å². The van der Waals surface area contributed by atoms with Crippen molar-refractivity contribution in [2.75, 3.05) is 0 Å². The van der Waals surface area contributed by atoms with Gasteiger partial charge in [-0.2, -0.15) is 0 Å². The van der Waals surface area contributed by atoms with Gasteiger partial charge in [0, 0.05) is 0 Å². The van der Waals surface area contributed by atoms with E-state index < -0.39 is 0 Å². The van der Waals surface area contributed by atoms with Gasteiger partial charge in [-0.05, 0) is 0 Å². The summed E-state index contributed by atoms with van der Waals surface area (Å²) in [6.45, 7) is 0. The maximum Gasteiger partial charge on any atom is 2.00 e. The van der Waals surface area contributed by atoms with Gasteiger partial charge in [-0.3, -0.25) is 0 Å². The minimum atomic E-state index is 0. The van der Waals surface area contributed by atoms with Crippen LogP contribution in [0.1, 0.15) is 0 Å². The molecule has 2 nitrogen and oxygen atoms in total. The average Bonchev–Trinajstić information content (AvgIpc) is 0. The molecule has 5 heteroatoms. The fourth-order valence-corrected chi connectivity index (χ4v) is 0. The van der Waals surface area contributed by atoms with Gasteiger partial charge in [-0.25, -0.2) is 0 Å². The van der Waals surface area contributed by atoms with Crippen molar-refractivity contribution in [3.63, 3.8) is 0 Å². The third-order valence-corrected chi connectivity index (χ3v) is 0. The zero-order valence-electron chi connectivity index (χ0n) is 3.52. The molecular weight excluding hydrogens is 176 g/mol. The molecule has 0 unspecified atom stereocenters. The van der Waals surface area contributed by atoms with Crippen LogP contribution in [0.5, 0.6) is 0 Å². The molecule has 0 radical (unpaired) electrons. The van der Waals surface area contributed by atoms with E-state index in [-0.39, 0.29) is 133 Å². The van der Waals surface area contributed by atoms with Crippen LogP contribution in [0, 0.1) is 0 Å². The Morgan fingerprint density at radius 2 is 0.600 bits per heavy atom. The van der Waals surface area contributed by atoms with E-state index in [1.165, 1.54) is 0 Å². The summed E-state index contributed by atoms with van der Waals surface area (Å²) < 4.78 is 0. The Kier molecular flexibility index (Phi) is 184. The van der Waals surface area contributed by atoms with Crippen LogP contribution in [-0.4, -0.2) is 0 Å². The van der Waals surface area contributed by atoms with Crippen molar-refractivity contribution in [3.8, 4) is 0 Å². The Bertz CT molecular complexity index is 7.61. The molecule has 16 valence electrons. The van der Waals surface area contributed by atoms with Crippen LogP contribution in [0.25, 0.3) is 0 Å². The zero-order chi connectivity index (χ0) is 0. The Morgan fingerprint density at radius 3 is 0.600 bits per heavy atom. The van der Waals surface area contributed by atoms with E-state index >= 15 is 0 Å². The standard InChI is InChI=1S/2K.2O.Zn/q2*+1;2*-2;+2. The molecular formula is K2O2Zn. The fourth-order valence-electron chi connectivity index (χ4n) is 0. The van der Waals surface area contributed by atoms with E-state index in [1.807, 2.05) is 0 Å². The molecule has 0 aliphatic carbocycles. The second kappa shape index (κ2) is 24.9. The molecule has 0 atom stereocenters. The average molecular weight is 176 g/mol. The Labute approximate surface area is 129 Å². The van der Waals surface area contributed by atoms with Gasteiger partial charge in [-0.15, -0.1) is 0 Å². The smallest absolute Gasteiger partial charge is 2.00 e. The summed E-state index contributed by atoms with van der Waals surface area (Å²) in [5.74, 6) is 0. The molecule has 5 heavy (non-hydrogen) atoms. The summed E-state index contributed by atoms with van der Waals surface area (Å²) in [7, 11) is 0. The van der Waals surface area contributed by atoms with Crippen molar-refractivity contribution < 1.29 is 133 Å². The second-order valence-corrected chi connectivity index (χ2v) is 0. The summed E-state index contributed by atoms with van der Waals surface area (Å²) in [6, 6.07) is 0.